The highest BCUT2D eigenvalue weighted by Crippen LogP contribution is 2.34. The highest BCUT2D eigenvalue weighted by Gasteiger charge is 2.19. The molecule has 3 heteroatoms. The number of hydrogen-bond acceptors (Lipinski definition) is 3. The lowest BCUT2D eigenvalue weighted by atomic mass is 9.81. The van der Waals surface area contributed by atoms with Crippen molar-refractivity contribution in [1.29, 1.82) is 0 Å². The molecule has 0 aromatic heterocycles. The molecule has 2 aromatic carbocycles. The summed E-state index contributed by atoms with van der Waals surface area (Å²) in [5, 5.41) is 1.05. The third-order valence-electron chi connectivity index (χ3n) is 5.89. The van der Waals surface area contributed by atoms with Crippen molar-refractivity contribution in [2.45, 2.75) is 58.8 Å². The molecule has 1 aliphatic carbocycles. The summed E-state index contributed by atoms with van der Waals surface area (Å²) in [5.74, 6) is 0.721. The van der Waals surface area contributed by atoms with Crippen LogP contribution in [0.25, 0.3) is 0 Å². The Kier molecular flexibility index (Phi) is 6.66. The SMILES string of the molecule is C=C(Cc1cc(C)c(N)cc1C)N=C(SC)c1ccc2c(c1)CCCC2CC. The molecule has 2 nitrogen and oxygen atoms in total. The maximum absolute atomic E-state index is 6.02. The molecule has 148 valence electrons. The van der Waals surface area contributed by atoms with Crippen LogP contribution in [-0.2, 0) is 12.8 Å². The first-order valence-electron chi connectivity index (χ1n) is 10.2. The average molecular weight is 393 g/mol. The Balaban J connectivity index is 1.84. The summed E-state index contributed by atoms with van der Waals surface area (Å²) in [6.45, 7) is 10.7. The smallest absolute Gasteiger partial charge is 0.103 e. The lowest BCUT2D eigenvalue weighted by Crippen LogP contribution is -2.10. The van der Waals surface area contributed by atoms with Gasteiger partial charge in [-0.25, -0.2) is 4.99 Å². The largest absolute Gasteiger partial charge is 0.399 e. The summed E-state index contributed by atoms with van der Waals surface area (Å²) in [4.78, 5) is 4.90. The van der Waals surface area contributed by atoms with Gasteiger partial charge in [-0.15, -0.1) is 11.8 Å². The first kappa shape index (κ1) is 20.7. The van der Waals surface area contributed by atoms with E-state index < -0.39 is 0 Å². The van der Waals surface area contributed by atoms with Crippen LogP contribution in [0.1, 0.15) is 65.5 Å². The molecular formula is C25H32N2S. The number of aryl methyl sites for hydroxylation is 3. The number of nitrogens with zero attached hydrogens (tertiary/aromatic N) is 1. The minimum atomic E-state index is 0.721. The zero-order chi connectivity index (χ0) is 20.3. The predicted octanol–water partition coefficient (Wildman–Crippen LogP) is 6.58. The van der Waals surface area contributed by atoms with Crippen LogP contribution in [0, 0.1) is 13.8 Å². The summed E-state index contributed by atoms with van der Waals surface area (Å²) in [5.41, 5.74) is 15.6. The molecule has 0 saturated carbocycles. The van der Waals surface area contributed by atoms with Crippen LogP contribution in [-0.4, -0.2) is 11.3 Å². The summed E-state index contributed by atoms with van der Waals surface area (Å²) in [6.07, 6.45) is 7.88. The maximum atomic E-state index is 6.02. The highest BCUT2D eigenvalue weighted by molar-refractivity contribution is 8.13. The topological polar surface area (TPSA) is 38.4 Å². The zero-order valence-corrected chi connectivity index (χ0v) is 18.5. The number of allylic oxidation sites excluding steroid dienone is 1. The number of nitrogens with two attached hydrogens (primary N) is 1. The summed E-state index contributed by atoms with van der Waals surface area (Å²) >= 11 is 1.70. The fourth-order valence-corrected chi connectivity index (χ4v) is 4.77. The molecule has 0 saturated heterocycles. The van der Waals surface area contributed by atoms with Crippen LogP contribution in [0.15, 0.2) is 47.6 Å². The van der Waals surface area contributed by atoms with Gasteiger partial charge in [-0.2, -0.15) is 0 Å². The van der Waals surface area contributed by atoms with E-state index in [2.05, 4.69) is 50.9 Å². The second kappa shape index (κ2) is 9.00. The third kappa shape index (κ3) is 4.52. The van der Waals surface area contributed by atoms with Gasteiger partial charge in [0.25, 0.3) is 0 Å². The number of anilines is 1. The van der Waals surface area contributed by atoms with Gasteiger partial charge in [-0.1, -0.05) is 31.7 Å². The Morgan fingerprint density at radius 2 is 2.00 bits per heavy atom. The normalized spacial score (nSPS) is 16.7. The second-order valence-electron chi connectivity index (χ2n) is 7.91. The number of fused-ring (bicyclic) bond motifs is 1. The second-order valence-corrected chi connectivity index (χ2v) is 8.71. The number of benzene rings is 2. The number of rotatable bonds is 5. The fraction of sp³-hybridized carbons (Fsp3) is 0.400. The molecule has 0 radical (unpaired) electrons. The number of hydrogen-bond donors (Lipinski definition) is 1. The van der Waals surface area contributed by atoms with Gasteiger partial charge >= 0.3 is 0 Å². The molecule has 28 heavy (non-hydrogen) atoms. The average Bonchev–Trinajstić information content (AvgIpc) is 2.69. The summed E-state index contributed by atoms with van der Waals surface area (Å²) in [7, 11) is 0. The van der Waals surface area contributed by atoms with Crippen molar-refractivity contribution in [3.8, 4) is 0 Å². The third-order valence-corrected chi connectivity index (χ3v) is 6.61. The van der Waals surface area contributed by atoms with Crippen LogP contribution in [0.4, 0.5) is 5.69 Å². The van der Waals surface area contributed by atoms with Crippen LogP contribution in [0.2, 0.25) is 0 Å². The minimum Gasteiger partial charge on any atom is -0.399 e. The van der Waals surface area contributed by atoms with Gasteiger partial charge in [0.2, 0.25) is 0 Å². The standard InChI is InChI=1S/C25H32N2S/c1-6-19-8-7-9-20-15-21(10-11-23(19)20)25(28-5)27-18(4)14-22-12-17(3)24(26)13-16(22)2/h10-13,15,19H,4,6-9,14,26H2,1-3,5H3. The predicted molar refractivity (Wildman–Crippen MR) is 126 cm³/mol. The summed E-state index contributed by atoms with van der Waals surface area (Å²) < 4.78 is 0. The van der Waals surface area contributed by atoms with Gasteiger partial charge in [0.1, 0.15) is 5.04 Å². The van der Waals surface area contributed by atoms with E-state index in [4.69, 9.17) is 10.7 Å². The number of nitrogen functional groups attached to an aromatic ring is 1. The van der Waals surface area contributed by atoms with Crippen molar-refractivity contribution in [2.24, 2.45) is 4.99 Å². The van der Waals surface area contributed by atoms with Crippen molar-refractivity contribution in [3.63, 3.8) is 0 Å². The van der Waals surface area contributed by atoms with E-state index in [1.54, 1.807) is 17.3 Å². The Bertz CT molecular complexity index is 911. The summed E-state index contributed by atoms with van der Waals surface area (Å²) in [6, 6.07) is 11.1. The Labute approximate surface area is 174 Å². The van der Waals surface area contributed by atoms with Crippen LogP contribution in [0.3, 0.4) is 0 Å². The molecule has 2 aromatic rings. The molecule has 0 aliphatic heterocycles. The van der Waals surface area contributed by atoms with Crippen molar-refractivity contribution >= 4 is 22.5 Å². The Hall–Kier alpha value is -2.00. The fourth-order valence-electron chi connectivity index (χ4n) is 4.19. The van der Waals surface area contributed by atoms with Crippen LogP contribution in [0.5, 0.6) is 0 Å². The van der Waals surface area contributed by atoms with Gasteiger partial charge in [-0.3, -0.25) is 0 Å². The van der Waals surface area contributed by atoms with Gasteiger partial charge in [-0.05, 0) is 91.7 Å². The lowest BCUT2D eigenvalue weighted by Gasteiger charge is -2.25. The monoisotopic (exact) mass is 392 g/mol. The number of aliphatic imine (C=N–C) groups is 1. The van der Waals surface area contributed by atoms with Gasteiger partial charge in [0.15, 0.2) is 0 Å². The molecule has 1 atom stereocenters. The molecular weight excluding hydrogens is 360 g/mol. The van der Waals surface area contributed by atoms with E-state index in [1.165, 1.54) is 47.9 Å². The van der Waals surface area contributed by atoms with Crippen molar-refractivity contribution in [3.05, 3.63) is 76.0 Å². The number of thioether (sulfide) groups is 1. The molecule has 1 aliphatic rings. The molecule has 0 heterocycles. The van der Waals surface area contributed by atoms with Crippen LogP contribution < -0.4 is 5.73 Å². The van der Waals surface area contributed by atoms with Crippen molar-refractivity contribution in [2.75, 3.05) is 12.0 Å². The minimum absolute atomic E-state index is 0.721. The molecule has 0 bridgehead atoms. The quantitative estimate of drug-likeness (QED) is 0.354. The van der Waals surface area contributed by atoms with E-state index >= 15 is 0 Å². The van der Waals surface area contributed by atoms with E-state index in [0.29, 0.717) is 0 Å². The molecule has 0 amide bonds. The first-order chi connectivity index (χ1) is 13.4. The van der Waals surface area contributed by atoms with Crippen molar-refractivity contribution in [1.82, 2.24) is 0 Å². The van der Waals surface area contributed by atoms with E-state index in [1.807, 2.05) is 13.0 Å². The molecule has 1 unspecified atom stereocenters. The molecule has 0 fully saturated rings. The van der Waals surface area contributed by atoms with E-state index in [-0.39, 0.29) is 0 Å². The van der Waals surface area contributed by atoms with Crippen LogP contribution >= 0.6 is 11.8 Å². The van der Waals surface area contributed by atoms with Gasteiger partial charge in [0.05, 0.1) is 0 Å². The first-order valence-corrected chi connectivity index (χ1v) is 11.4. The zero-order valence-electron chi connectivity index (χ0n) is 17.6. The van der Waals surface area contributed by atoms with Gasteiger partial charge < -0.3 is 5.73 Å². The molecule has 3 rings (SSSR count). The maximum Gasteiger partial charge on any atom is 0.103 e. The van der Waals surface area contributed by atoms with E-state index in [0.717, 1.165) is 34.3 Å². The Morgan fingerprint density at radius 1 is 1.21 bits per heavy atom. The lowest BCUT2D eigenvalue weighted by molar-refractivity contribution is 0.540. The van der Waals surface area contributed by atoms with E-state index in [9.17, 15) is 0 Å². The van der Waals surface area contributed by atoms with Crippen molar-refractivity contribution < 1.29 is 0 Å². The molecule has 2 N–H and O–H groups in total. The Morgan fingerprint density at radius 3 is 2.71 bits per heavy atom. The molecule has 0 spiro atoms. The van der Waals surface area contributed by atoms with Gasteiger partial charge in [0, 0.05) is 23.4 Å². The highest BCUT2D eigenvalue weighted by atomic mass is 32.2.